The van der Waals surface area contributed by atoms with E-state index in [9.17, 15) is 15.2 Å². The first-order valence-electron chi connectivity index (χ1n) is 8.88. The van der Waals surface area contributed by atoms with Crippen molar-refractivity contribution in [3.8, 4) is 5.75 Å². The molecule has 0 unspecified atom stereocenters. The van der Waals surface area contributed by atoms with E-state index in [1.54, 1.807) is 12.1 Å². The highest BCUT2D eigenvalue weighted by molar-refractivity contribution is 5.58. The van der Waals surface area contributed by atoms with Gasteiger partial charge in [-0.05, 0) is 30.0 Å². The predicted octanol–water partition coefficient (Wildman–Crippen LogP) is 3.52. The molecule has 0 aliphatic heterocycles. The minimum absolute atomic E-state index is 0.0273. The Morgan fingerprint density at radius 3 is 2.65 bits per heavy atom. The summed E-state index contributed by atoms with van der Waals surface area (Å²) in [6.45, 7) is 4.30. The maximum atomic E-state index is 11.7. The minimum Gasteiger partial charge on any atom is -0.482 e. The number of nitrogens with one attached hydrogen (secondary N) is 1. The van der Waals surface area contributed by atoms with Gasteiger partial charge in [0.2, 0.25) is 0 Å². The summed E-state index contributed by atoms with van der Waals surface area (Å²) < 4.78 is 5.74. The van der Waals surface area contributed by atoms with Gasteiger partial charge in [0.1, 0.15) is 6.61 Å². The van der Waals surface area contributed by atoms with E-state index in [4.69, 9.17) is 4.74 Å². The van der Waals surface area contributed by atoms with E-state index < -0.39 is 11.0 Å². The first-order chi connectivity index (χ1) is 12.5. The number of aliphatic hydroxyl groups excluding tert-OH is 1. The molecule has 138 valence electrons. The third-order valence-corrected chi connectivity index (χ3v) is 4.65. The fourth-order valence-corrected chi connectivity index (χ4v) is 3.50. The molecule has 6 heteroatoms. The molecule has 2 aromatic carbocycles. The molecule has 1 aliphatic rings. The third kappa shape index (κ3) is 3.86. The van der Waals surface area contributed by atoms with Crippen LogP contribution in [0.5, 0.6) is 5.75 Å². The fourth-order valence-electron chi connectivity index (χ4n) is 3.50. The van der Waals surface area contributed by atoms with Crippen LogP contribution in [0.1, 0.15) is 43.1 Å². The Balaban J connectivity index is 1.88. The normalized spacial score (nSPS) is 19.2. The van der Waals surface area contributed by atoms with Crippen LogP contribution in [-0.4, -0.2) is 22.1 Å². The molecule has 0 aromatic heterocycles. The Morgan fingerprint density at radius 2 is 2.00 bits per heavy atom. The Hall–Kier alpha value is -2.44. The molecule has 2 atom stereocenters. The number of fused-ring (bicyclic) bond motifs is 1. The Morgan fingerprint density at radius 1 is 1.27 bits per heavy atom. The lowest BCUT2D eigenvalue weighted by atomic mass is 9.84. The Labute approximate surface area is 153 Å². The summed E-state index contributed by atoms with van der Waals surface area (Å²) in [5.41, 5.74) is 2.12. The summed E-state index contributed by atoms with van der Waals surface area (Å²) >= 11 is 0. The number of nitro benzene ring substituents is 1. The van der Waals surface area contributed by atoms with Gasteiger partial charge in [-0.1, -0.05) is 50.2 Å². The zero-order chi connectivity index (χ0) is 18.7. The number of nitro groups is 1. The van der Waals surface area contributed by atoms with E-state index in [0.717, 1.165) is 5.56 Å². The molecule has 0 spiro atoms. The second-order valence-corrected chi connectivity index (χ2v) is 6.92. The van der Waals surface area contributed by atoms with Crippen LogP contribution < -0.4 is 10.1 Å². The highest BCUT2D eigenvalue weighted by Crippen LogP contribution is 2.41. The first-order valence-corrected chi connectivity index (χ1v) is 8.88. The fraction of sp³-hybridized carbons (Fsp3) is 0.400. The molecule has 2 aromatic rings. The molecule has 26 heavy (non-hydrogen) atoms. The van der Waals surface area contributed by atoms with Gasteiger partial charge in [0.15, 0.2) is 5.75 Å². The molecule has 3 rings (SSSR count). The largest absolute Gasteiger partial charge is 0.482 e. The van der Waals surface area contributed by atoms with Crippen LogP contribution >= 0.6 is 0 Å². The average Bonchev–Trinajstić information content (AvgIpc) is 2.62. The predicted molar refractivity (Wildman–Crippen MR) is 99.2 cm³/mol. The molecule has 1 aliphatic carbocycles. The third-order valence-electron chi connectivity index (χ3n) is 4.65. The van der Waals surface area contributed by atoms with Crippen molar-refractivity contribution in [2.75, 3.05) is 0 Å². The summed E-state index contributed by atoms with van der Waals surface area (Å²) in [6.07, 6.45) is 0.424. The first kappa shape index (κ1) is 18.4. The van der Waals surface area contributed by atoms with E-state index in [0.29, 0.717) is 24.0 Å². The quantitative estimate of drug-likeness (QED) is 0.611. The lowest BCUT2D eigenvalue weighted by molar-refractivity contribution is -0.386. The van der Waals surface area contributed by atoms with Crippen molar-refractivity contribution < 1.29 is 14.8 Å². The zero-order valence-corrected chi connectivity index (χ0v) is 15.0. The lowest BCUT2D eigenvalue weighted by Gasteiger charge is -2.32. The van der Waals surface area contributed by atoms with E-state index in [2.05, 4.69) is 5.32 Å². The van der Waals surface area contributed by atoms with Gasteiger partial charge < -0.3 is 15.2 Å². The maximum Gasteiger partial charge on any atom is 0.314 e. The smallest absolute Gasteiger partial charge is 0.314 e. The van der Waals surface area contributed by atoms with Crippen molar-refractivity contribution >= 4 is 5.69 Å². The molecule has 2 N–H and O–H groups in total. The highest BCUT2D eigenvalue weighted by Gasteiger charge is 2.34. The second kappa shape index (κ2) is 7.85. The van der Waals surface area contributed by atoms with Gasteiger partial charge in [0, 0.05) is 17.6 Å². The van der Waals surface area contributed by atoms with Crippen LogP contribution in [0.2, 0.25) is 0 Å². The topological polar surface area (TPSA) is 84.6 Å². The molecule has 0 amide bonds. The molecule has 6 nitrogen and oxygen atoms in total. The van der Waals surface area contributed by atoms with Crippen molar-refractivity contribution in [3.05, 3.63) is 69.3 Å². The summed E-state index contributed by atoms with van der Waals surface area (Å²) in [5, 5.41) is 25.7. The molecule has 0 heterocycles. The Kier molecular flexibility index (Phi) is 5.54. The number of hydrogen-bond acceptors (Lipinski definition) is 5. The molecule has 0 radical (unpaired) electrons. The maximum absolute atomic E-state index is 11.7. The van der Waals surface area contributed by atoms with Crippen molar-refractivity contribution in [1.82, 2.24) is 5.32 Å². The van der Waals surface area contributed by atoms with Crippen molar-refractivity contribution in [1.29, 1.82) is 0 Å². The van der Waals surface area contributed by atoms with Crippen LogP contribution in [0.4, 0.5) is 5.69 Å². The van der Waals surface area contributed by atoms with Gasteiger partial charge in [-0.15, -0.1) is 0 Å². The number of nitrogens with zero attached hydrogens (tertiary/aromatic N) is 1. The van der Waals surface area contributed by atoms with Crippen LogP contribution in [0, 0.1) is 10.1 Å². The van der Waals surface area contributed by atoms with Crippen LogP contribution in [0.25, 0.3) is 0 Å². The summed E-state index contributed by atoms with van der Waals surface area (Å²) in [7, 11) is 0. The molecule has 0 fully saturated rings. The van der Waals surface area contributed by atoms with Gasteiger partial charge in [-0.2, -0.15) is 0 Å². The SMILES string of the molecule is CC(C)N[C@@H]1CCc2c(ccc(OCc3ccccc3)c2[N+](=O)[O-])[C@H]1O. The molecule has 0 saturated heterocycles. The van der Waals surface area contributed by atoms with Crippen LogP contribution in [-0.2, 0) is 13.0 Å². The summed E-state index contributed by atoms with van der Waals surface area (Å²) in [4.78, 5) is 11.3. The molecular formula is C20H24N2O4. The number of aliphatic hydroxyl groups is 1. The Bertz CT molecular complexity index is 777. The van der Waals surface area contributed by atoms with E-state index in [-0.39, 0.29) is 30.1 Å². The lowest BCUT2D eigenvalue weighted by Crippen LogP contribution is -2.42. The number of rotatable bonds is 6. The van der Waals surface area contributed by atoms with Crippen LogP contribution in [0.3, 0.4) is 0 Å². The monoisotopic (exact) mass is 356 g/mol. The van der Waals surface area contributed by atoms with E-state index in [1.165, 1.54) is 0 Å². The van der Waals surface area contributed by atoms with Gasteiger partial charge in [-0.25, -0.2) is 0 Å². The van der Waals surface area contributed by atoms with Crippen molar-refractivity contribution in [2.24, 2.45) is 0 Å². The standard InChI is InChI=1S/C20H24N2O4/c1-13(2)21-17-10-8-15-16(20(17)23)9-11-18(19(15)22(24)25)26-12-14-6-4-3-5-7-14/h3-7,9,11,13,17,20-21,23H,8,10,12H2,1-2H3/t17-,20-/m1/s1. The van der Waals surface area contributed by atoms with Gasteiger partial charge in [0.25, 0.3) is 0 Å². The summed E-state index contributed by atoms with van der Waals surface area (Å²) in [5.74, 6) is 0.250. The highest BCUT2D eigenvalue weighted by atomic mass is 16.6. The number of benzene rings is 2. The van der Waals surface area contributed by atoms with Crippen molar-refractivity contribution in [3.63, 3.8) is 0 Å². The van der Waals surface area contributed by atoms with Crippen LogP contribution in [0.15, 0.2) is 42.5 Å². The second-order valence-electron chi connectivity index (χ2n) is 6.92. The minimum atomic E-state index is -0.761. The van der Waals surface area contributed by atoms with E-state index >= 15 is 0 Å². The zero-order valence-electron chi connectivity index (χ0n) is 15.0. The summed E-state index contributed by atoms with van der Waals surface area (Å²) in [6, 6.07) is 13.0. The van der Waals surface area contributed by atoms with Gasteiger partial charge in [0.05, 0.1) is 11.0 Å². The molecular weight excluding hydrogens is 332 g/mol. The van der Waals surface area contributed by atoms with Gasteiger partial charge >= 0.3 is 5.69 Å². The molecule has 0 saturated carbocycles. The average molecular weight is 356 g/mol. The molecule has 0 bridgehead atoms. The number of hydrogen-bond donors (Lipinski definition) is 2. The van der Waals surface area contributed by atoms with Gasteiger partial charge in [-0.3, -0.25) is 10.1 Å². The number of ether oxygens (including phenoxy) is 1. The van der Waals surface area contributed by atoms with E-state index in [1.807, 2.05) is 44.2 Å². The van der Waals surface area contributed by atoms with Crippen molar-refractivity contribution in [2.45, 2.75) is 51.5 Å².